The second kappa shape index (κ2) is 12.0. The number of ether oxygens (including phenoxy) is 1. The number of rotatable bonds is 7. The van der Waals surface area contributed by atoms with E-state index in [-0.39, 0.29) is 17.9 Å². The van der Waals surface area contributed by atoms with E-state index in [9.17, 15) is 9.59 Å². The van der Waals surface area contributed by atoms with Crippen molar-refractivity contribution in [2.45, 2.75) is 63.6 Å². The lowest BCUT2D eigenvalue weighted by atomic mass is 9.69. The summed E-state index contributed by atoms with van der Waals surface area (Å²) in [6.45, 7) is 3.69. The molecule has 224 valence electrons. The first-order chi connectivity index (χ1) is 21.0. The molecule has 0 N–H and O–H groups in total. The molecule has 6 nitrogen and oxygen atoms in total. The first kappa shape index (κ1) is 28.4. The standard InChI is InChI=1S/C36H40ClN3O3/c1-43-34(41)15-5-14-31-30-13-7-19-38-18-6-11-27(35(30)38)23-40(31)36(42)33-20-25-16-17-28(37)21-32(25)39(33)22-26-10-4-9-24-8-2-3-12-29(24)26/h2-4,8-10,12,16-17,20-21,27,30-31,35H,5-7,11,13-15,18-19,22-23H2,1H3/t27-,30+,31+,35-/m0/s1. The second-order valence-corrected chi connectivity index (χ2v) is 13.1. The molecule has 7 rings (SSSR count). The molecule has 0 unspecified atom stereocenters. The maximum Gasteiger partial charge on any atom is 0.305 e. The Morgan fingerprint density at radius 3 is 2.63 bits per heavy atom. The fraction of sp³-hybridized carbons (Fsp3) is 0.444. The summed E-state index contributed by atoms with van der Waals surface area (Å²) in [6, 6.07) is 23.4. The molecule has 7 heteroatoms. The smallest absolute Gasteiger partial charge is 0.305 e. The van der Waals surface area contributed by atoms with E-state index >= 15 is 0 Å². The molecule has 1 aromatic heterocycles. The SMILES string of the molecule is COC(=O)CCC[C@@H]1[C@H]2CCCN3CCC[C@@H](CN1C(=O)c1cc4ccc(Cl)cc4n1Cc1cccc4ccccc14)[C@@H]23. The maximum absolute atomic E-state index is 14.9. The molecular weight excluding hydrogens is 558 g/mol. The average molecular weight is 598 g/mol. The third-order valence-corrected chi connectivity index (χ3v) is 10.6. The van der Waals surface area contributed by atoms with Crippen molar-refractivity contribution in [3.63, 3.8) is 0 Å². The van der Waals surface area contributed by atoms with Crippen molar-refractivity contribution < 1.29 is 14.3 Å². The Morgan fingerprint density at radius 2 is 1.77 bits per heavy atom. The predicted octanol–water partition coefficient (Wildman–Crippen LogP) is 7.15. The number of methoxy groups -OCH3 is 1. The summed E-state index contributed by atoms with van der Waals surface area (Å²) in [5.41, 5.74) is 2.86. The van der Waals surface area contributed by atoms with Crippen LogP contribution in [0.5, 0.6) is 0 Å². The van der Waals surface area contributed by atoms with Gasteiger partial charge >= 0.3 is 5.97 Å². The Hall–Kier alpha value is -3.35. The van der Waals surface area contributed by atoms with Crippen LogP contribution in [0.25, 0.3) is 21.7 Å². The molecule has 3 aliphatic heterocycles. The normalized spacial score (nSPS) is 23.8. The Morgan fingerprint density at radius 1 is 0.953 bits per heavy atom. The monoisotopic (exact) mass is 597 g/mol. The number of nitrogens with zero attached hydrogens (tertiary/aromatic N) is 3. The topological polar surface area (TPSA) is 54.8 Å². The van der Waals surface area contributed by atoms with Crippen LogP contribution in [0.1, 0.15) is 61.0 Å². The van der Waals surface area contributed by atoms with Crippen LogP contribution in [0.3, 0.4) is 0 Å². The molecule has 3 aromatic carbocycles. The fourth-order valence-corrected chi connectivity index (χ4v) is 8.65. The number of halogens is 1. The van der Waals surface area contributed by atoms with Crippen molar-refractivity contribution in [3.05, 3.63) is 83.0 Å². The largest absolute Gasteiger partial charge is 0.469 e. The molecule has 0 radical (unpaired) electrons. The zero-order valence-electron chi connectivity index (χ0n) is 24.9. The van der Waals surface area contributed by atoms with E-state index in [1.165, 1.54) is 55.8 Å². The van der Waals surface area contributed by atoms with Gasteiger partial charge in [0.25, 0.3) is 5.91 Å². The van der Waals surface area contributed by atoms with Crippen molar-refractivity contribution in [3.8, 4) is 0 Å². The first-order valence-electron chi connectivity index (χ1n) is 15.9. The molecule has 0 spiro atoms. The molecule has 0 aliphatic carbocycles. The molecule has 0 saturated carbocycles. The van der Waals surface area contributed by atoms with Gasteiger partial charge in [-0.05, 0) is 98.0 Å². The number of hydrogen-bond acceptors (Lipinski definition) is 4. The third-order valence-electron chi connectivity index (χ3n) is 10.3. The van der Waals surface area contributed by atoms with E-state index in [0.29, 0.717) is 41.6 Å². The molecule has 0 bridgehead atoms. The van der Waals surface area contributed by atoms with Crippen molar-refractivity contribution >= 4 is 45.2 Å². The molecule has 3 fully saturated rings. The number of hydrogen-bond donors (Lipinski definition) is 0. The minimum Gasteiger partial charge on any atom is -0.469 e. The highest BCUT2D eigenvalue weighted by Crippen LogP contribution is 2.44. The Labute approximate surface area is 258 Å². The summed E-state index contributed by atoms with van der Waals surface area (Å²) in [7, 11) is 1.45. The molecule has 4 heterocycles. The number of fused-ring (bicyclic) bond motifs is 2. The third kappa shape index (κ3) is 5.33. The van der Waals surface area contributed by atoms with Crippen molar-refractivity contribution in [2.75, 3.05) is 26.7 Å². The Balaban J connectivity index is 1.29. The number of carbonyl (C=O) groups is 2. The van der Waals surface area contributed by atoms with E-state index in [4.69, 9.17) is 16.3 Å². The van der Waals surface area contributed by atoms with Gasteiger partial charge in [0.05, 0.1) is 12.6 Å². The van der Waals surface area contributed by atoms with E-state index in [1.807, 2.05) is 18.2 Å². The Bertz CT molecular complexity index is 1660. The van der Waals surface area contributed by atoms with Crippen LogP contribution in [-0.2, 0) is 16.1 Å². The van der Waals surface area contributed by atoms with Crippen LogP contribution < -0.4 is 0 Å². The average Bonchev–Trinajstić information content (AvgIpc) is 3.39. The number of amides is 1. The van der Waals surface area contributed by atoms with Gasteiger partial charge in [-0.2, -0.15) is 0 Å². The lowest BCUT2D eigenvalue weighted by Crippen LogP contribution is -2.65. The van der Waals surface area contributed by atoms with Gasteiger partial charge in [-0.3, -0.25) is 14.5 Å². The van der Waals surface area contributed by atoms with E-state index in [0.717, 1.165) is 36.7 Å². The van der Waals surface area contributed by atoms with Crippen LogP contribution in [0, 0.1) is 11.8 Å². The van der Waals surface area contributed by atoms with Crippen LogP contribution >= 0.6 is 11.6 Å². The summed E-state index contributed by atoms with van der Waals surface area (Å²) in [5.74, 6) is 0.836. The molecule has 43 heavy (non-hydrogen) atoms. The number of piperidine rings is 3. The lowest BCUT2D eigenvalue weighted by Gasteiger charge is -2.57. The molecular formula is C36H40ClN3O3. The van der Waals surface area contributed by atoms with Gasteiger partial charge < -0.3 is 14.2 Å². The van der Waals surface area contributed by atoms with Gasteiger partial charge in [0.15, 0.2) is 0 Å². The number of benzene rings is 3. The van der Waals surface area contributed by atoms with Gasteiger partial charge in [0.1, 0.15) is 5.69 Å². The first-order valence-corrected chi connectivity index (χ1v) is 16.3. The van der Waals surface area contributed by atoms with Crippen LogP contribution in [-0.4, -0.2) is 65.1 Å². The highest BCUT2D eigenvalue weighted by atomic mass is 35.5. The summed E-state index contributed by atoms with van der Waals surface area (Å²) >= 11 is 6.53. The summed E-state index contributed by atoms with van der Waals surface area (Å²) in [6.07, 6.45) is 6.61. The van der Waals surface area contributed by atoms with E-state index < -0.39 is 0 Å². The zero-order chi connectivity index (χ0) is 29.5. The van der Waals surface area contributed by atoms with Gasteiger partial charge in [-0.15, -0.1) is 0 Å². The number of likely N-dealkylation sites (tertiary alicyclic amines) is 1. The quantitative estimate of drug-likeness (QED) is 0.212. The number of aromatic nitrogens is 1. The van der Waals surface area contributed by atoms with Gasteiger partial charge in [-0.25, -0.2) is 0 Å². The lowest BCUT2D eigenvalue weighted by molar-refractivity contribution is -0.140. The second-order valence-electron chi connectivity index (χ2n) is 12.7. The van der Waals surface area contributed by atoms with Crippen LogP contribution in [0.4, 0.5) is 0 Å². The summed E-state index contributed by atoms with van der Waals surface area (Å²) in [5, 5.41) is 4.06. The summed E-state index contributed by atoms with van der Waals surface area (Å²) in [4.78, 5) is 31.8. The molecule has 3 saturated heterocycles. The molecule has 4 aromatic rings. The summed E-state index contributed by atoms with van der Waals surface area (Å²) < 4.78 is 7.13. The molecule has 4 atom stereocenters. The highest BCUT2D eigenvalue weighted by molar-refractivity contribution is 6.31. The van der Waals surface area contributed by atoms with Gasteiger partial charge in [0, 0.05) is 42.0 Å². The van der Waals surface area contributed by atoms with E-state index in [2.05, 4.69) is 62.9 Å². The van der Waals surface area contributed by atoms with Crippen molar-refractivity contribution in [1.29, 1.82) is 0 Å². The van der Waals surface area contributed by atoms with Crippen molar-refractivity contribution in [1.82, 2.24) is 14.4 Å². The molecule has 3 aliphatic rings. The highest BCUT2D eigenvalue weighted by Gasteiger charge is 2.49. The van der Waals surface area contributed by atoms with E-state index in [1.54, 1.807) is 0 Å². The number of carbonyl (C=O) groups excluding carboxylic acids is 2. The molecule has 1 amide bonds. The minimum absolute atomic E-state index is 0.0942. The van der Waals surface area contributed by atoms with Gasteiger partial charge in [0.2, 0.25) is 0 Å². The number of esters is 1. The van der Waals surface area contributed by atoms with Crippen molar-refractivity contribution in [2.24, 2.45) is 11.8 Å². The fourth-order valence-electron chi connectivity index (χ4n) is 8.48. The van der Waals surface area contributed by atoms with Gasteiger partial charge in [-0.1, -0.05) is 60.1 Å². The Kier molecular flexibility index (Phi) is 7.91. The van der Waals surface area contributed by atoms with Crippen LogP contribution in [0.2, 0.25) is 5.02 Å². The minimum atomic E-state index is -0.179. The maximum atomic E-state index is 14.9. The zero-order valence-corrected chi connectivity index (χ0v) is 25.6. The van der Waals surface area contributed by atoms with Crippen LogP contribution in [0.15, 0.2) is 66.7 Å². The predicted molar refractivity (Wildman–Crippen MR) is 171 cm³/mol.